The number of rotatable bonds is 8. The molecule has 0 aliphatic heterocycles. The summed E-state index contributed by atoms with van der Waals surface area (Å²) >= 11 is 0. The monoisotopic (exact) mass is 402 g/mol. The van der Waals surface area contributed by atoms with Crippen molar-refractivity contribution in [2.45, 2.75) is 66.2 Å². The largest absolute Gasteiger partial charge is 2.00 e. The van der Waals surface area contributed by atoms with E-state index in [0.29, 0.717) is 24.0 Å². The summed E-state index contributed by atoms with van der Waals surface area (Å²) in [6.07, 6.45) is 8.21. The minimum atomic E-state index is -1.03. The van der Waals surface area contributed by atoms with Gasteiger partial charge in [0.1, 0.15) is 0 Å². The standard InChI is InChI=1S/2C8H14O2.Sn/c2*1-3-5-6-7(4-2)8(9)10;/h2*6H,3-5H2,1-2H3,(H,9,10);/q;;+2/p-2. The summed E-state index contributed by atoms with van der Waals surface area (Å²) in [4.78, 5) is 20.5. The second kappa shape index (κ2) is 17.3. The quantitative estimate of drug-likeness (QED) is 0.455. The predicted octanol–water partition coefficient (Wildman–Crippen LogP) is 1.36. The molecular formula is C16H26O4Sn. The zero-order chi connectivity index (χ0) is 16.0. The number of carbonyl (C=O) groups excluding carboxylic acids is 2. The van der Waals surface area contributed by atoms with Gasteiger partial charge in [-0.3, -0.25) is 0 Å². The third-order valence-electron chi connectivity index (χ3n) is 2.65. The maximum absolute atomic E-state index is 10.3. The minimum absolute atomic E-state index is 0. The Balaban J connectivity index is -0.000000295. The molecule has 0 saturated heterocycles. The molecule has 2 radical (unpaired) electrons. The molecule has 0 spiro atoms. The number of carboxylic acid groups (broad SMARTS) is 2. The number of unbranched alkanes of at least 4 members (excludes halogenated alkanes) is 2. The Morgan fingerprint density at radius 3 is 1.19 bits per heavy atom. The van der Waals surface area contributed by atoms with Crippen molar-refractivity contribution < 1.29 is 19.8 Å². The molecule has 4 nitrogen and oxygen atoms in total. The van der Waals surface area contributed by atoms with E-state index in [2.05, 4.69) is 0 Å². The zero-order valence-corrected chi connectivity index (χ0v) is 16.4. The molecule has 5 heteroatoms. The van der Waals surface area contributed by atoms with Crippen LogP contribution in [0.3, 0.4) is 0 Å². The molecule has 0 heterocycles. The van der Waals surface area contributed by atoms with E-state index in [9.17, 15) is 19.8 Å². The topological polar surface area (TPSA) is 80.3 Å². The van der Waals surface area contributed by atoms with Crippen molar-refractivity contribution in [2.75, 3.05) is 0 Å². The van der Waals surface area contributed by atoms with Crippen LogP contribution in [0.2, 0.25) is 0 Å². The molecule has 0 atom stereocenters. The molecule has 118 valence electrons. The summed E-state index contributed by atoms with van der Waals surface area (Å²) < 4.78 is 0. The van der Waals surface area contributed by atoms with E-state index in [1.807, 2.05) is 27.7 Å². The van der Waals surface area contributed by atoms with Gasteiger partial charge in [0.2, 0.25) is 0 Å². The van der Waals surface area contributed by atoms with Crippen molar-refractivity contribution >= 4 is 35.8 Å². The summed E-state index contributed by atoms with van der Waals surface area (Å²) in [7, 11) is 0. The van der Waals surface area contributed by atoms with Gasteiger partial charge < -0.3 is 19.8 Å². The van der Waals surface area contributed by atoms with Crippen LogP contribution < -0.4 is 10.2 Å². The van der Waals surface area contributed by atoms with E-state index in [0.717, 1.165) is 25.7 Å². The van der Waals surface area contributed by atoms with Gasteiger partial charge in [-0.15, -0.1) is 0 Å². The predicted molar refractivity (Wildman–Crippen MR) is 82.3 cm³/mol. The first-order valence-corrected chi connectivity index (χ1v) is 7.25. The second-order valence-electron chi connectivity index (χ2n) is 4.32. The van der Waals surface area contributed by atoms with E-state index in [4.69, 9.17) is 0 Å². The van der Waals surface area contributed by atoms with Crippen LogP contribution >= 0.6 is 0 Å². The fourth-order valence-electron chi connectivity index (χ4n) is 1.38. The maximum Gasteiger partial charge on any atom is 2.00 e. The van der Waals surface area contributed by atoms with Crippen molar-refractivity contribution in [3.05, 3.63) is 23.3 Å². The first kappa shape index (κ1) is 25.2. The molecule has 0 aliphatic rings. The van der Waals surface area contributed by atoms with Gasteiger partial charge in [0.05, 0.1) is 11.9 Å². The Morgan fingerprint density at radius 1 is 0.762 bits per heavy atom. The first-order valence-electron chi connectivity index (χ1n) is 7.25. The van der Waals surface area contributed by atoms with Gasteiger partial charge in [-0.1, -0.05) is 52.7 Å². The van der Waals surface area contributed by atoms with Crippen LogP contribution in [0.5, 0.6) is 0 Å². The zero-order valence-electron chi connectivity index (χ0n) is 13.5. The molecule has 0 unspecified atom stereocenters. The molecule has 21 heavy (non-hydrogen) atoms. The number of allylic oxidation sites excluding steroid dienone is 2. The molecule has 0 aromatic heterocycles. The summed E-state index contributed by atoms with van der Waals surface area (Å²) in [6.45, 7) is 7.66. The van der Waals surface area contributed by atoms with Crippen molar-refractivity contribution in [3.63, 3.8) is 0 Å². The van der Waals surface area contributed by atoms with Crippen LogP contribution in [0.15, 0.2) is 23.3 Å². The first-order chi connectivity index (χ1) is 9.44. The number of hydrogen-bond donors (Lipinski definition) is 0. The average Bonchev–Trinajstić information content (AvgIpc) is 2.40. The fraction of sp³-hybridized carbons (Fsp3) is 0.625. The SMILES string of the molecule is CCCC=C(CC)C(=O)[O-].CCCC=C(CC)C(=O)[O-].[Sn+2]. The molecule has 0 saturated carbocycles. The third-order valence-corrected chi connectivity index (χ3v) is 2.65. The Labute approximate surface area is 145 Å². The normalized spacial score (nSPS) is 11.0. The molecule has 0 bridgehead atoms. The maximum atomic E-state index is 10.3. The van der Waals surface area contributed by atoms with Crippen LogP contribution in [0.25, 0.3) is 0 Å². The number of carbonyl (C=O) groups is 2. The van der Waals surface area contributed by atoms with Crippen LogP contribution in [-0.4, -0.2) is 35.8 Å². The fourth-order valence-corrected chi connectivity index (χ4v) is 1.38. The van der Waals surface area contributed by atoms with Crippen molar-refractivity contribution in [2.24, 2.45) is 0 Å². The van der Waals surface area contributed by atoms with E-state index in [1.54, 1.807) is 12.2 Å². The molecule has 0 aromatic carbocycles. The molecule has 0 amide bonds. The summed E-state index contributed by atoms with van der Waals surface area (Å²) in [5.41, 5.74) is 0.837. The molecule has 0 fully saturated rings. The van der Waals surface area contributed by atoms with Gasteiger partial charge in [-0.2, -0.15) is 0 Å². The van der Waals surface area contributed by atoms with Crippen LogP contribution in [0.1, 0.15) is 66.2 Å². The van der Waals surface area contributed by atoms with Gasteiger partial charge >= 0.3 is 23.9 Å². The smallest absolute Gasteiger partial charge is 0.545 e. The van der Waals surface area contributed by atoms with Gasteiger partial charge in [0, 0.05) is 0 Å². The van der Waals surface area contributed by atoms with Crippen molar-refractivity contribution in [3.8, 4) is 0 Å². The van der Waals surface area contributed by atoms with Crippen LogP contribution in [0.4, 0.5) is 0 Å². The van der Waals surface area contributed by atoms with Gasteiger partial charge in [0.25, 0.3) is 0 Å². The Morgan fingerprint density at radius 2 is 1.05 bits per heavy atom. The second-order valence-corrected chi connectivity index (χ2v) is 4.32. The van der Waals surface area contributed by atoms with E-state index in [1.165, 1.54) is 0 Å². The summed E-state index contributed by atoms with van der Waals surface area (Å²) in [6, 6.07) is 0. The number of carboxylic acids is 2. The summed E-state index contributed by atoms with van der Waals surface area (Å²) in [5.74, 6) is -2.06. The Hall–Kier alpha value is -0.781. The average molecular weight is 401 g/mol. The number of hydrogen-bond acceptors (Lipinski definition) is 4. The van der Waals surface area contributed by atoms with Gasteiger partial charge in [-0.05, 0) is 36.8 Å². The van der Waals surface area contributed by atoms with Gasteiger partial charge in [0.15, 0.2) is 0 Å². The van der Waals surface area contributed by atoms with Crippen molar-refractivity contribution in [1.82, 2.24) is 0 Å². The van der Waals surface area contributed by atoms with Crippen molar-refractivity contribution in [1.29, 1.82) is 0 Å². The minimum Gasteiger partial charge on any atom is -0.545 e. The van der Waals surface area contributed by atoms with E-state index >= 15 is 0 Å². The molecule has 0 aromatic rings. The molecule has 0 aliphatic carbocycles. The molecular weight excluding hydrogens is 375 g/mol. The molecule has 0 N–H and O–H groups in total. The van der Waals surface area contributed by atoms with E-state index < -0.39 is 11.9 Å². The summed E-state index contributed by atoms with van der Waals surface area (Å²) in [5, 5.41) is 20.5. The van der Waals surface area contributed by atoms with Crippen LogP contribution in [0, 0.1) is 0 Å². The Kier molecular flexibility index (Phi) is 20.7. The van der Waals surface area contributed by atoms with E-state index in [-0.39, 0.29) is 23.9 Å². The Bertz CT molecular complexity index is 312. The third kappa shape index (κ3) is 15.4. The van der Waals surface area contributed by atoms with Gasteiger partial charge in [-0.25, -0.2) is 0 Å². The van der Waals surface area contributed by atoms with Crippen LogP contribution in [-0.2, 0) is 9.59 Å². The number of aliphatic carboxylic acids is 2. The molecule has 0 rings (SSSR count).